The van der Waals surface area contributed by atoms with E-state index in [4.69, 9.17) is 9.84 Å². The third kappa shape index (κ3) is 2.73. The zero-order valence-electron chi connectivity index (χ0n) is 13.1. The van der Waals surface area contributed by atoms with Crippen LogP contribution in [-0.2, 0) is 15.0 Å². The van der Waals surface area contributed by atoms with Crippen molar-refractivity contribution in [1.29, 1.82) is 0 Å². The number of amides is 1. The maximum absolute atomic E-state index is 12.3. The summed E-state index contributed by atoms with van der Waals surface area (Å²) >= 11 is 0. The van der Waals surface area contributed by atoms with Gasteiger partial charge in [0.2, 0.25) is 0 Å². The molecule has 0 radical (unpaired) electrons. The minimum Gasteiger partial charge on any atom is -0.481 e. The second-order valence-corrected chi connectivity index (χ2v) is 6.61. The van der Waals surface area contributed by atoms with E-state index in [0.717, 1.165) is 5.56 Å². The van der Waals surface area contributed by atoms with Gasteiger partial charge in [-0.3, -0.25) is 9.59 Å². The van der Waals surface area contributed by atoms with Crippen LogP contribution in [0.5, 0.6) is 5.75 Å². The smallest absolute Gasteiger partial charge is 0.304 e. The number of likely N-dealkylation sites (N-methyl/N-ethyl adjacent to an activating group) is 1. The largest absolute Gasteiger partial charge is 0.481 e. The highest BCUT2D eigenvalue weighted by Crippen LogP contribution is 2.40. The Kier molecular flexibility index (Phi) is 3.48. The first kappa shape index (κ1) is 15.4. The van der Waals surface area contributed by atoms with Crippen molar-refractivity contribution < 1.29 is 19.4 Å². The van der Waals surface area contributed by atoms with Gasteiger partial charge in [-0.1, -0.05) is 19.9 Å². The SMILES string of the molecule is CN1C(=O)C(C)(C)Oc2ccc(C(C)(C)CC(=O)O)cc21. The average molecular weight is 291 g/mol. The second-order valence-electron chi connectivity index (χ2n) is 6.61. The molecule has 1 heterocycles. The summed E-state index contributed by atoms with van der Waals surface area (Å²) in [5.41, 5.74) is 0.138. The Morgan fingerprint density at radius 1 is 1.38 bits per heavy atom. The molecule has 114 valence electrons. The van der Waals surface area contributed by atoms with Crippen molar-refractivity contribution in [3.63, 3.8) is 0 Å². The van der Waals surface area contributed by atoms with Gasteiger partial charge in [-0.2, -0.15) is 0 Å². The molecule has 5 nitrogen and oxygen atoms in total. The molecule has 5 heteroatoms. The summed E-state index contributed by atoms with van der Waals surface area (Å²) in [5, 5.41) is 9.02. The molecule has 1 aromatic carbocycles. The van der Waals surface area contributed by atoms with E-state index in [1.54, 1.807) is 31.9 Å². The van der Waals surface area contributed by atoms with E-state index in [2.05, 4.69) is 0 Å². The van der Waals surface area contributed by atoms with E-state index >= 15 is 0 Å². The van der Waals surface area contributed by atoms with E-state index < -0.39 is 17.0 Å². The topological polar surface area (TPSA) is 66.8 Å². The molecule has 0 saturated heterocycles. The van der Waals surface area contributed by atoms with Crippen LogP contribution in [0.4, 0.5) is 5.69 Å². The van der Waals surface area contributed by atoms with Crippen molar-refractivity contribution in [3.05, 3.63) is 23.8 Å². The van der Waals surface area contributed by atoms with Crippen molar-refractivity contribution in [2.45, 2.75) is 45.1 Å². The van der Waals surface area contributed by atoms with Gasteiger partial charge in [0.1, 0.15) is 5.75 Å². The standard InChI is InChI=1S/C16H21NO4/c1-15(2,9-13(18)19)10-6-7-12-11(8-10)17(5)14(20)16(3,4)21-12/h6-8H,9H2,1-5H3,(H,18,19). The summed E-state index contributed by atoms with van der Waals surface area (Å²) in [6.45, 7) is 7.21. The van der Waals surface area contributed by atoms with Crippen molar-refractivity contribution in [3.8, 4) is 5.75 Å². The number of nitrogens with zero attached hydrogens (tertiary/aromatic N) is 1. The molecular weight excluding hydrogens is 270 g/mol. The summed E-state index contributed by atoms with van der Waals surface area (Å²) in [4.78, 5) is 24.8. The number of benzene rings is 1. The minimum atomic E-state index is -0.889. The first-order valence-corrected chi connectivity index (χ1v) is 6.88. The number of carbonyl (C=O) groups excluding carboxylic acids is 1. The molecule has 0 aromatic heterocycles. The van der Waals surface area contributed by atoms with Crippen LogP contribution in [0.3, 0.4) is 0 Å². The zero-order chi connectivity index (χ0) is 16.0. The molecule has 0 atom stereocenters. The lowest BCUT2D eigenvalue weighted by atomic mass is 9.81. The molecule has 1 aliphatic heterocycles. The lowest BCUT2D eigenvalue weighted by Gasteiger charge is -2.37. The molecule has 0 spiro atoms. The van der Waals surface area contributed by atoms with Crippen LogP contribution in [-0.4, -0.2) is 29.6 Å². The maximum Gasteiger partial charge on any atom is 0.304 e. The second kappa shape index (κ2) is 4.76. The lowest BCUT2D eigenvalue weighted by Crippen LogP contribution is -2.51. The number of aliphatic carboxylic acids is 1. The van der Waals surface area contributed by atoms with Gasteiger partial charge >= 0.3 is 5.97 Å². The highest BCUT2D eigenvalue weighted by atomic mass is 16.5. The van der Waals surface area contributed by atoms with Gasteiger partial charge in [-0.15, -0.1) is 0 Å². The molecule has 1 amide bonds. The van der Waals surface area contributed by atoms with E-state index in [9.17, 15) is 9.59 Å². The van der Waals surface area contributed by atoms with Crippen LogP contribution in [0.1, 0.15) is 39.7 Å². The Morgan fingerprint density at radius 3 is 2.57 bits per heavy atom. The highest BCUT2D eigenvalue weighted by Gasteiger charge is 2.39. The molecule has 1 N–H and O–H groups in total. The fourth-order valence-corrected chi connectivity index (χ4v) is 2.60. The minimum absolute atomic E-state index is 0.0236. The molecule has 1 aromatic rings. The summed E-state index contributed by atoms with van der Waals surface area (Å²) in [7, 11) is 1.71. The first-order chi connectivity index (χ1) is 9.54. The van der Waals surface area contributed by atoms with Crippen molar-refractivity contribution in [1.82, 2.24) is 0 Å². The Bertz CT molecular complexity index is 604. The molecule has 21 heavy (non-hydrogen) atoms. The number of anilines is 1. The van der Waals surface area contributed by atoms with Crippen molar-refractivity contribution >= 4 is 17.6 Å². The van der Waals surface area contributed by atoms with Gasteiger partial charge < -0.3 is 14.7 Å². The Hall–Kier alpha value is -2.04. The summed E-state index contributed by atoms with van der Waals surface area (Å²) in [6.07, 6.45) is 0.0236. The monoisotopic (exact) mass is 291 g/mol. The lowest BCUT2D eigenvalue weighted by molar-refractivity contribution is -0.138. The number of fused-ring (bicyclic) bond motifs is 1. The first-order valence-electron chi connectivity index (χ1n) is 6.88. The molecular formula is C16H21NO4. The number of carboxylic acid groups (broad SMARTS) is 1. The molecule has 0 unspecified atom stereocenters. The molecule has 1 aliphatic rings. The number of hydrogen-bond acceptors (Lipinski definition) is 3. The maximum atomic E-state index is 12.3. The normalized spacial score (nSPS) is 17.2. The van der Waals surface area contributed by atoms with E-state index in [-0.39, 0.29) is 12.3 Å². The quantitative estimate of drug-likeness (QED) is 0.929. The summed E-state index contributed by atoms with van der Waals surface area (Å²) in [6, 6.07) is 5.51. The summed E-state index contributed by atoms with van der Waals surface area (Å²) in [5.74, 6) is -0.334. The van der Waals surface area contributed by atoms with Crippen LogP contribution in [0.25, 0.3) is 0 Å². The fourth-order valence-electron chi connectivity index (χ4n) is 2.60. The van der Waals surface area contributed by atoms with E-state index in [0.29, 0.717) is 11.4 Å². The average Bonchev–Trinajstić information content (AvgIpc) is 2.34. The highest BCUT2D eigenvalue weighted by molar-refractivity contribution is 6.02. The van der Waals surface area contributed by atoms with Crippen LogP contribution >= 0.6 is 0 Å². The predicted molar refractivity (Wildman–Crippen MR) is 79.8 cm³/mol. The predicted octanol–water partition coefficient (Wildman–Crippen LogP) is 2.57. The molecule has 2 rings (SSSR count). The van der Waals surface area contributed by atoms with E-state index in [1.165, 1.54) is 0 Å². The third-order valence-corrected chi connectivity index (χ3v) is 3.88. The Morgan fingerprint density at radius 2 is 2.00 bits per heavy atom. The Balaban J connectivity index is 2.45. The van der Waals surface area contributed by atoms with Crippen LogP contribution in [0.15, 0.2) is 18.2 Å². The summed E-state index contributed by atoms with van der Waals surface area (Å²) < 4.78 is 5.74. The molecule has 0 fully saturated rings. The van der Waals surface area contributed by atoms with Gasteiger partial charge in [0.25, 0.3) is 5.91 Å². The van der Waals surface area contributed by atoms with Crippen LogP contribution in [0, 0.1) is 0 Å². The van der Waals surface area contributed by atoms with Crippen molar-refractivity contribution in [2.75, 3.05) is 11.9 Å². The molecule has 0 bridgehead atoms. The van der Waals surface area contributed by atoms with Gasteiger partial charge in [0.05, 0.1) is 12.1 Å². The van der Waals surface area contributed by atoms with Crippen molar-refractivity contribution in [2.24, 2.45) is 0 Å². The van der Waals surface area contributed by atoms with Crippen LogP contribution in [0.2, 0.25) is 0 Å². The fraction of sp³-hybridized carbons (Fsp3) is 0.500. The number of carbonyl (C=O) groups is 2. The molecule has 0 saturated carbocycles. The third-order valence-electron chi connectivity index (χ3n) is 3.88. The van der Waals surface area contributed by atoms with Gasteiger partial charge in [-0.25, -0.2) is 0 Å². The molecule has 0 aliphatic carbocycles. The van der Waals surface area contributed by atoms with Gasteiger partial charge in [0, 0.05) is 12.5 Å². The number of hydrogen-bond donors (Lipinski definition) is 1. The number of rotatable bonds is 3. The number of carboxylic acids is 1. The van der Waals surface area contributed by atoms with Gasteiger partial charge in [0.15, 0.2) is 5.60 Å². The van der Waals surface area contributed by atoms with Crippen LogP contribution < -0.4 is 9.64 Å². The Labute approximate surface area is 124 Å². The van der Waals surface area contributed by atoms with Gasteiger partial charge in [-0.05, 0) is 31.5 Å². The van der Waals surface area contributed by atoms with E-state index in [1.807, 2.05) is 26.0 Å². The number of ether oxygens (including phenoxy) is 1. The zero-order valence-corrected chi connectivity index (χ0v) is 13.1.